The predicted molar refractivity (Wildman–Crippen MR) is 125 cm³/mol. The maximum absolute atomic E-state index is 4.71. The van der Waals surface area contributed by atoms with E-state index in [-0.39, 0.29) is 0 Å². The molecule has 0 N–H and O–H groups in total. The van der Waals surface area contributed by atoms with Gasteiger partial charge in [0.05, 0.1) is 21.3 Å². The van der Waals surface area contributed by atoms with E-state index < -0.39 is 0 Å². The van der Waals surface area contributed by atoms with Gasteiger partial charge >= 0.3 is 0 Å². The van der Waals surface area contributed by atoms with E-state index in [0.717, 1.165) is 68.0 Å². The van der Waals surface area contributed by atoms with E-state index in [2.05, 4.69) is 59.7 Å². The summed E-state index contributed by atoms with van der Waals surface area (Å²) in [5.74, 6) is 2.33. The number of rotatable bonds is 7. The Hall–Kier alpha value is -2.31. The minimum Gasteiger partial charge on any atom is -0.306 e. The van der Waals surface area contributed by atoms with Crippen LogP contribution in [-0.2, 0) is 25.3 Å². The molecule has 12 heteroatoms. The van der Waals surface area contributed by atoms with Crippen molar-refractivity contribution in [2.45, 2.75) is 51.2 Å². The Morgan fingerprint density at radius 2 is 2.06 bits per heavy atom. The number of aromatic nitrogens is 9. The van der Waals surface area contributed by atoms with Crippen molar-refractivity contribution >= 4 is 54.9 Å². The Labute approximate surface area is 195 Å². The van der Waals surface area contributed by atoms with Gasteiger partial charge in [-0.1, -0.05) is 11.8 Å². The summed E-state index contributed by atoms with van der Waals surface area (Å²) in [6.45, 7) is 7.75. The van der Waals surface area contributed by atoms with Gasteiger partial charge in [0, 0.05) is 25.2 Å². The zero-order chi connectivity index (χ0) is 21.5. The van der Waals surface area contributed by atoms with Crippen molar-refractivity contribution in [2.75, 3.05) is 0 Å². The van der Waals surface area contributed by atoms with Crippen molar-refractivity contribution in [1.82, 2.24) is 44.1 Å². The molecule has 0 amide bonds. The highest BCUT2D eigenvalue weighted by Crippen LogP contribution is 2.25. The minimum atomic E-state index is 0.621. The highest BCUT2D eigenvalue weighted by Gasteiger charge is 2.15. The molecule has 0 saturated carbocycles. The second-order valence-electron chi connectivity index (χ2n) is 7.07. The summed E-state index contributed by atoms with van der Waals surface area (Å²) < 4.78 is 6.98. The predicted octanol–water partition coefficient (Wildman–Crippen LogP) is 4.06. The topological polar surface area (TPSA) is 91.6 Å². The Balaban J connectivity index is 1.31. The van der Waals surface area contributed by atoms with Gasteiger partial charge in [0.2, 0.25) is 0 Å². The number of fused-ring (bicyclic) bond motifs is 3. The third-order valence-electron chi connectivity index (χ3n) is 5.13. The first-order chi connectivity index (χ1) is 15.0. The van der Waals surface area contributed by atoms with Crippen molar-refractivity contribution in [3.63, 3.8) is 0 Å². The van der Waals surface area contributed by atoms with Crippen molar-refractivity contribution in [2.24, 2.45) is 0 Å². The quantitative estimate of drug-likeness (QED) is 0.300. The summed E-state index contributed by atoms with van der Waals surface area (Å²) in [5, 5.41) is 21.9. The maximum Gasteiger partial charge on any atom is 0.191 e. The van der Waals surface area contributed by atoms with E-state index >= 15 is 0 Å². The van der Waals surface area contributed by atoms with Crippen LogP contribution in [0.15, 0.2) is 27.4 Å². The summed E-state index contributed by atoms with van der Waals surface area (Å²) in [4.78, 5) is 10.1. The Kier molecular flexibility index (Phi) is 5.52. The Morgan fingerprint density at radius 1 is 1.19 bits per heavy atom. The van der Waals surface area contributed by atoms with E-state index in [0.29, 0.717) is 5.75 Å². The molecule has 0 fully saturated rings. The number of nitrogens with zero attached hydrogens (tertiary/aromatic N) is 9. The first-order valence-electron chi connectivity index (χ1n) is 9.87. The number of halogens is 1. The second-order valence-corrected chi connectivity index (χ2v) is 9.70. The third-order valence-corrected chi connectivity index (χ3v) is 8.06. The number of hydrogen-bond donors (Lipinski definition) is 0. The van der Waals surface area contributed by atoms with E-state index in [4.69, 9.17) is 4.98 Å². The molecule has 0 aromatic carbocycles. The van der Waals surface area contributed by atoms with Crippen LogP contribution in [-0.4, -0.2) is 44.1 Å². The zero-order valence-electron chi connectivity index (χ0n) is 17.3. The summed E-state index contributed by atoms with van der Waals surface area (Å²) >= 11 is 6.80. The van der Waals surface area contributed by atoms with Gasteiger partial charge in [-0.15, -0.1) is 26.6 Å². The minimum absolute atomic E-state index is 0.621. The first-order valence-corrected chi connectivity index (χ1v) is 12.5. The smallest absolute Gasteiger partial charge is 0.191 e. The van der Waals surface area contributed by atoms with Gasteiger partial charge in [0.15, 0.2) is 16.6 Å². The molecule has 9 nitrogen and oxygen atoms in total. The van der Waals surface area contributed by atoms with Gasteiger partial charge in [-0.25, -0.2) is 14.5 Å². The molecule has 0 spiro atoms. The van der Waals surface area contributed by atoms with Crippen molar-refractivity contribution in [3.05, 3.63) is 45.3 Å². The lowest BCUT2D eigenvalue weighted by Crippen LogP contribution is -2.10. The average molecular weight is 518 g/mol. The second kappa shape index (κ2) is 8.32. The first kappa shape index (κ1) is 20.6. The van der Waals surface area contributed by atoms with Crippen LogP contribution in [0.1, 0.15) is 30.0 Å². The fourth-order valence-electron chi connectivity index (χ4n) is 3.53. The van der Waals surface area contributed by atoms with Crippen LogP contribution in [0.2, 0.25) is 0 Å². The molecule has 160 valence electrons. The number of hydrogen-bond acceptors (Lipinski definition) is 8. The lowest BCUT2D eigenvalue weighted by atomic mass is 10.3. The number of thioether (sulfide) groups is 1. The van der Waals surface area contributed by atoms with Crippen molar-refractivity contribution in [1.29, 1.82) is 0 Å². The molecule has 31 heavy (non-hydrogen) atoms. The Morgan fingerprint density at radius 3 is 2.84 bits per heavy atom. The summed E-state index contributed by atoms with van der Waals surface area (Å²) in [6.07, 6.45) is 2.49. The van der Waals surface area contributed by atoms with Crippen LogP contribution in [0.25, 0.3) is 15.9 Å². The van der Waals surface area contributed by atoms with E-state index in [1.165, 1.54) is 0 Å². The standard InChI is InChI=1S/C19H20BrN9S2/c1-4-27-15(5-7-28-12(3)16(20)11(2)25-28)23-24-19(27)31-9-14-22-17-13-6-8-30-18(13)21-10-29(17)26-14/h6,8,10H,4-5,7,9H2,1-3H3. The molecular formula is C19H20BrN9S2. The van der Waals surface area contributed by atoms with Gasteiger partial charge in [0.1, 0.15) is 17.0 Å². The normalized spacial score (nSPS) is 11.9. The van der Waals surface area contributed by atoms with Gasteiger partial charge < -0.3 is 4.57 Å². The molecule has 5 rings (SSSR count). The van der Waals surface area contributed by atoms with E-state index in [9.17, 15) is 0 Å². The average Bonchev–Trinajstić information content (AvgIpc) is 3.53. The lowest BCUT2D eigenvalue weighted by Gasteiger charge is -2.08. The van der Waals surface area contributed by atoms with Crippen LogP contribution in [0, 0.1) is 13.8 Å². The molecule has 0 radical (unpaired) electrons. The van der Waals surface area contributed by atoms with Crippen molar-refractivity contribution < 1.29 is 0 Å². The monoisotopic (exact) mass is 517 g/mol. The van der Waals surface area contributed by atoms with E-state index in [1.54, 1.807) is 33.9 Å². The molecule has 0 bridgehead atoms. The van der Waals surface area contributed by atoms with Crippen molar-refractivity contribution in [3.8, 4) is 0 Å². The summed E-state index contributed by atoms with van der Waals surface area (Å²) in [5.41, 5.74) is 2.97. The molecule has 0 unspecified atom stereocenters. The van der Waals surface area contributed by atoms with Crippen LogP contribution in [0.4, 0.5) is 0 Å². The number of aryl methyl sites for hydroxylation is 3. The van der Waals surface area contributed by atoms with Crippen LogP contribution >= 0.6 is 39.0 Å². The molecule has 0 aliphatic carbocycles. The number of thiophene rings is 1. The molecule has 5 heterocycles. The largest absolute Gasteiger partial charge is 0.306 e. The molecule has 5 aromatic rings. The van der Waals surface area contributed by atoms with Gasteiger partial charge in [-0.3, -0.25) is 4.68 Å². The third kappa shape index (κ3) is 3.76. The molecule has 0 atom stereocenters. The van der Waals surface area contributed by atoms with Gasteiger partial charge in [-0.2, -0.15) is 5.10 Å². The highest BCUT2D eigenvalue weighted by molar-refractivity contribution is 9.10. The van der Waals surface area contributed by atoms with Crippen LogP contribution in [0.5, 0.6) is 0 Å². The summed E-state index contributed by atoms with van der Waals surface area (Å²) in [6, 6.07) is 2.04. The van der Waals surface area contributed by atoms with Gasteiger partial charge in [-0.05, 0) is 48.1 Å². The van der Waals surface area contributed by atoms with Crippen LogP contribution < -0.4 is 0 Å². The van der Waals surface area contributed by atoms with Gasteiger partial charge in [0.25, 0.3) is 0 Å². The maximum atomic E-state index is 4.71. The lowest BCUT2D eigenvalue weighted by molar-refractivity contribution is 0.554. The highest BCUT2D eigenvalue weighted by atomic mass is 79.9. The zero-order valence-corrected chi connectivity index (χ0v) is 20.5. The Bertz CT molecular complexity index is 1380. The fourth-order valence-corrected chi connectivity index (χ4v) is 5.41. The molecular weight excluding hydrogens is 498 g/mol. The fraction of sp³-hybridized carbons (Fsp3) is 0.368. The molecule has 0 aliphatic heterocycles. The SMILES string of the molecule is CCn1c(CCn2nc(C)c(Br)c2C)nnc1SCc1nc2c3ccsc3ncn2n1. The molecule has 0 aliphatic rings. The molecule has 0 saturated heterocycles. The summed E-state index contributed by atoms with van der Waals surface area (Å²) in [7, 11) is 0. The molecule has 5 aromatic heterocycles. The van der Waals surface area contributed by atoms with Crippen LogP contribution in [0.3, 0.4) is 0 Å². The van der Waals surface area contributed by atoms with E-state index in [1.807, 2.05) is 23.1 Å².